The minimum atomic E-state index is -0.157. The summed E-state index contributed by atoms with van der Waals surface area (Å²) in [6, 6.07) is 7.60. The number of ether oxygens (including phenoxy) is 2. The number of aromatic nitrogens is 1. The van der Waals surface area contributed by atoms with Gasteiger partial charge in [0.25, 0.3) is 5.91 Å². The predicted octanol–water partition coefficient (Wildman–Crippen LogP) is 3.23. The normalized spacial score (nSPS) is 14.9. The third kappa shape index (κ3) is 4.04. The van der Waals surface area contributed by atoms with Gasteiger partial charge in [-0.05, 0) is 44.0 Å². The number of rotatable bonds is 5. The number of esters is 1. The maximum absolute atomic E-state index is 12.7. The fourth-order valence-electron chi connectivity index (χ4n) is 2.98. The molecule has 2 heterocycles. The zero-order chi connectivity index (χ0) is 18.5. The molecular formula is C19H22N2O4S. The average molecular weight is 374 g/mol. The SMILES string of the molecule is CCOC(=O)C1CCN(C(=O)c2csc(-c3ccc(OC)cc3)n2)CC1. The first-order valence-electron chi connectivity index (χ1n) is 8.68. The van der Waals surface area contributed by atoms with Gasteiger partial charge in [-0.25, -0.2) is 4.98 Å². The molecule has 0 aliphatic carbocycles. The van der Waals surface area contributed by atoms with E-state index in [2.05, 4.69) is 4.98 Å². The summed E-state index contributed by atoms with van der Waals surface area (Å²) < 4.78 is 10.2. The van der Waals surface area contributed by atoms with Gasteiger partial charge >= 0.3 is 5.97 Å². The maximum atomic E-state index is 12.7. The van der Waals surface area contributed by atoms with Crippen molar-refractivity contribution in [2.75, 3.05) is 26.8 Å². The highest BCUT2D eigenvalue weighted by Gasteiger charge is 2.29. The second-order valence-electron chi connectivity index (χ2n) is 6.08. The first-order valence-corrected chi connectivity index (χ1v) is 9.56. The summed E-state index contributed by atoms with van der Waals surface area (Å²) in [5, 5.41) is 2.59. The summed E-state index contributed by atoms with van der Waals surface area (Å²) in [5.41, 5.74) is 1.41. The number of benzene rings is 1. The Hall–Kier alpha value is -2.41. The molecule has 0 bridgehead atoms. The van der Waals surface area contributed by atoms with Crippen LogP contribution in [0.5, 0.6) is 5.75 Å². The minimum Gasteiger partial charge on any atom is -0.497 e. The van der Waals surface area contributed by atoms with E-state index in [-0.39, 0.29) is 17.8 Å². The molecule has 1 fully saturated rings. The number of carbonyl (C=O) groups is 2. The molecule has 3 rings (SSSR count). The van der Waals surface area contributed by atoms with E-state index in [0.29, 0.717) is 38.2 Å². The number of likely N-dealkylation sites (tertiary alicyclic amines) is 1. The van der Waals surface area contributed by atoms with Gasteiger partial charge in [0.1, 0.15) is 16.5 Å². The summed E-state index contributed by atoms with van der Waals surface area (Å²) >= 11 is 1.45. The molecular weight excluding hydrogens is 352 g/mol. The number of thiazole rings is 1. The lowest BCUT2D eigenvalue weighted by Gasteiger charge is -2.30. The quantitative estimate of drug-likeness (QED) is 0.752. The molecule has 7 heteroatoms. The third-order valence-corrected chi connectivity index (χ3v) is 5.35. The summed E-state index contributed by atoms with van der Waals surface area (Å²) in [7, 11) is 1.63. The van der Waals surface area contributed by atoms with Gasteiger partial charge in [-0.3, -0.25) is 9.59 Å². The van der Waals surface area contributed by atoms with Gasteiger partial charge in [-0.1, -0.05) is 0 Å². The van der Waals surface area contributed by atoms with E-state index in [1.165, 1.54) is 11.3 Å². The van der Waals surface area contributed by atoms with Gasteiger partial charge in [0.05, 0.1) is 19.6 Å². The second-order valence-corrected chi connectivity index (χ2v) is 6.94. The van der Waals surface area contributed by atoms with Crippen LogP contribution in [0.2, 0.25) is 0 Å². The third-order valence-electron chi connectivity index (χ3n) is 4.46. The van der Waals surface area contributed by atoms with Crippen LogP contribution >= 0.6 is 11.3 Å². The van der Waals surface area contributed by atoms with Crippen LogP contribution in [0, 0.1) is 5.92 Å². The highest BCUT2D eigenvalue weighted by atomic mass is 32.1. The van der Waals surface area contributed by atoms with E-state index in [1.807, 2.05) is 24.3 Å². The summed E-state index contributed by atoms with van der Waals surface area (Å²) in [4.78, 5) is 30.7. The van der Waals surface area contributed by atoms with Crippen molar-refractivity contribution < 1.29 is 19.1 Å². The minimum absolute atomic E-state index is 0.0803. The monoisotopic (exact) mass is 374 g/mol. The van der Waals surface area contributed by atoms with Gasteiger partial charge in [0.15, 0.2) is 0 Å². The molecule has 26 heavy (non-hydrogen) atoms. The highest BCUT2D eigenvalue weighted by molar-refractivity contribution is 7.13. The van der Waals surface area contributed by atoms with E-state index in [9.17, 15) is 9.59 Å². The van der Waals surface area contributed by atoms with Crippen molar-refractivity contribution >= 4 is 23.2 Å². The molecule has 1 aromatic carbocycles. The molecule has 0 atom stereocenters. The number of methoxy groups -OCH3 is 1. The zero-order valence-corrected chi connectivity index (χ0v) is 15.8. The van der Waals surface area contributed by atoms with E-state index in [4.69, 9.17) is 9.47 Å². The zero-order valence-electron chi connectivity index (χ0n) is 14.9. The fraction of sp³-hybridized carbons (Fsp3) is 0.421. The van der Waals surface area contributed by atoms with Crippen molar-refractivity contribution in [1.29, 1.82) is 0 Å². The molecule has 1 aromatic heterocycles. The molecule has 0 spiro atoms. The molecule has 1 amide bonds. The standard InChI is InChI=1S/C19H22N2O4S/c1-3-25-19(23)14-8-10-21(11-9-14)18(22)16-12-26-17(20-16)13-4-6-15(24-2)7-5-13/h4-7,12,14H,3,8-11H2,1-2H3. The maximum Gasteiger partial charge on any atom is 0.309 e. The number of amides is 1. The smallest absolute Gasteiger partial charge is 0.309 e. The van der Waals surface area contributed by atoms with Gasteiger partial charge in [0, 0.05) is 24.0 Å². The number of piperidine rings is 1. The van der Waals surface area contributed by atoms with Crippen LogP contribution in [0.4, 0.5) is 0 Å². The van der Waals surface area contributed by atoms with Crippen molar-refractivity contribution in [2.24, 2.45) is 5.92 Å². The lowest BCUT2D eigenvalue weighted by molar-refractivity contribution is -0.149. The Morgan fingerprint density at radius 2 is 1.92 bits per heavy atom. The summed E-state index contributed by atoms with van der Waals surface area (Å²) in [5.74, 6) is 0.439. The first-order chi connectivity index (χ1) is 12.6. The molecule has 0 radical (unpaired) electrons. The van der Waals surface area contributed by atoms with Gasteiger partial charge in [0.2, 0.25) is 0 Å². The molecule has 1 saturated heterocycles. The van der Waals surface area contributed by atoms with Crippen molar-refractivity contribution in [3.63, 3.8) is 0 Å². The van der Waals surface area contributed by atoms with Crippen LogP contribution in [-0.2, 0) is 9.53 Å². The molecule has 138 valence electrons. The van der Waals surface area contributed by atoms with Crippen LogP contribution in [0.15, 0.2) is 29.6 Å². The number of nitrogens with zero attached hydrogens (tertiary/aromatic N) is 2. The summed E-state index contributed by atoms with van der Waals surface area (Å²) in [6.07, 6.45) is 1.28. The summed E-state index contributed by atoms with van der Waals surface area (Å²) in [6.45, 7) is 3.31. The Bertz CT molecular complexity index is 764. The number of hydrogen-bond donors (Lipinski definition) is 0. The molecule has 0 unspecified atom stereocenters. The molecule has 0 saturated carbocycles. The van der Waals surface area contributed by atoms with Crippen LogP contribution in [0.1, 0.15) is 30.3 Å². The van der Waals surface area contributed by atoms with Crippen molar-refractivity contribution in [3.05, 3.63) is 35.3 Å². The van der Waals surface area contributed by atoms with Gasteiger partial charge in [-0.15, -0.1) is 11.3 Å². The lowest BCUT2D eigenvalue weighted by atomic mass is 9.97. The molecule has 1 aliphatic rings. The highest BCUT2D eigenvalue weighted by Crippen LogP contribution is 2.27. The Labute approximate surface area is 156 Å². The number of carbonyl (C=O) groups excluding carboxylic acids is 2. The largest absolute Gasteiger partial charge is 0.497 e. The number of hydrogen-bond acceptors (Lipinski definition) is 6. The lowest BCUT2D eigenvalue weighted by Crippen LogP contribution is -2.40. The van der Waals surface area contributed by atoms with E-state index in [0.717, 1.165) is 16.3 Å². The molecule has 6 nitrogen and oxygen atoms in total. The van der Waals surface area contributed by atoms with Crippen LogP contribution in [0.25, 0.3) is 10.6 Å². The first kappa shape index (κ1) is 18.4. The predicted molar refractivity (Wildman–Crippen MR) is 99.4 cm³/mol. The van der Waals surface area contributed by atoms with Gasteiger partial charge in [-0.2, -0.15) is 0 Å². The van der Waals surface area contributed by atoms with Crippen LogP contribution < -0.4 is 4.74 Å². The Morgan fingerprint density at radius 1 is 1.23 bits per heavy atom. The Kier molecular flexibility index (Phi) is 5.88. The topological polar surface area (TPSA) is 68.7 Å². The Balaban J connectivity index is 1.62. The van der Waals surface area contributed by atoms with Crippen LogP contribution in [0.3, 0.4) is 0 Å². The average Bonchev–Trinajstić information content (AvgIpc) is 3.18. The van der Waals surface area contributed by atoms with Crippen LogP contribution in [-0.4, -0.2) is 48.6 Å². The second kappa shape index (κ2) is 8.31. The molecule has 1 aliphatic heterocycles. The van der Waals surface area contributed by atoms with Gasteiger partial charge < -0.3 is 14.4 Å². The Morgan fingerprint density at radius 3 is 2.54 bits per heavy atom. The molecule has 2 aromatic rings. The van der Waals surface area contributed by atoms with E-state index < -0.39 is 0 Å². The van der Waals surface area contributed by atoms with Crippen molar-refractivity contribution in [1.82, 2.24) is 9.88 Å². The van der Waals surface area contributed by atoms with E-state index in [1.54, 1.807) is 24.3 Å². The van der Waals surface area contributed by atoms with Crippen molar-refractivity contribution in [2.45, 2.75) is 19.8 Å². The molecule has 0 N–H and O–H groups in total. The fourth-order valence-corrected chi connectivity index (χ4v) is 3.78. The van der Waals surface area contributed by atoms with Crippen molar-refractivity contribution in [3.8, 4) is 16.3 Å². The van der Waals surface area contributed by atoms with E-state index >= 15 is 0 Å².